The third kappa shape index (κ3) is 4.27. The number of halogens is 1. The van der Waals surface area contributed by atoms with Crippen molar-refractivity contribution in [1.82, 2.24) is 9.71 Å². The van der Waals surface area contributed by atoms with Gasteiger partial charge >= 0.3 is 6.03 Å². The molecule has 0 spiro atoms. The van der Waals surface area contributed by atoms with Gasteiger partial charge in [-0.3, -0.25) is 0 Å². The maximum absolute atomic E-state index is 12.0. The molecule has 0 aliphatic carbocycles. The highest BCUT2D eigenvalue weighted by Gasteiger charge is 2.17. The number of nitrogens with one attached hydrogen (secondary N) is 2. The van der Waals surface area contributed by atoms with E-state index < -0.39 is 16.1 Å². The smallest absolute Gasteiger partial charge is 0.306 e. The van der Waals surface area contributed by atoms with Gasteiger partial charge in [0.2, 0.25) is 0 Å². The molecule has 0 atom stereocenters. The van der Waals surface area contributed by atoms with Crippen LogP contribution in [0.4, 0.5) is 10.5 Å². The molecule has 1 aromatic heterocycles. The second-order valence-electron chi connectivity index (χ2n) is 4.24. The molecule has 0 radical (unpaired) electrons. The van der Waals surface area contributed by atoms with Gasteiger partial charge in [-0.05, 0) is 47.1 Å². The quantitative estimate of drug-likeness (QED) is 0.814. The van der Waals surface area contributed by atoms with E-state index in [0.717, 1.165) is 5.56 Å². The van der Waals surface area contributed by atoms with Crippen LogP contribution in [-0.2, 0) is 10.0 Å². The second-order valence-corrected chi connectivity index (χ2v) is 6.74. The first-order valence-corrected chi connectivity index (χ1v) is 8.16. The van der Waals surface area contributed by atoms with Gasteiger partial charge < -0.3 is 5.32 Å². The van der Waals surface area contributed by atoms with Crippen LogP contribution in [0.15, 0.2) is 52.1 Å². The predicted molar refractivity (Wildman–Crippen MR) is 82.5 cm³/mol. The van der Waals surface area contributed by atoms with Crippen molar-refractivity contribution in [2.75, 3.05) is 5.32 Å². The third-order valence-corrected chi connectivity index (χ3v) is 4.36. The number of aryl methyl sites for hydroxylation is 1. The van der Waals surface area contributed by atoms with E-state index in [1.165, 1.54) is 18.3 Å². The Kier molecular flexibility index (Phi) is 4.59. The van der Waals surface area contributed by atoms with Crippen molar-refractivity contribution in [1.29, 1.82) is 0 Å². The van der Waals surface area contributed by atoms with Gasteiger partial charge in [-0.2, -0.15) is 0 Å². The Bertz CT molecular complexity index is 743. The first kappa shape index (κ1) is 15.5. The molecule has 2 aromatic rings. The molecule has 1 aromatic carbocycles. The average Bonchev–Trinajstić information content (AvgIpc) is 2.41. The standard InChI is InChI=1S/C13H12BrN3O3S/c1-9-2-5-11(6-3-9)21(19,20)17-13(18)16-10-4-7-12(14)15-8-10/h2-8H,1H3,(H2,16,17,18). The number of amides is 2. The fraction of sp³-hybridized carbons (Fsp3) is 0.0769. The molecule has 0 bridgehead atoms. The van der Waals surface area contributed by atoms with E-state index in [2.05, 4.69) is 26.2 Å². The third-order valence-electron chi connectivity index (χ3n) is 2.54. The lowest BCUT2D eigenvalue weighted by Gasteiger charge is -2.08. The zero-order valence-electron chi connectivity index (χ0n) is 11.0. The summed E-state index contributed by atoms with van der Waals surface area (Å²) in [4.78, 5) is 15.7. The number of hydrogen-bond donors (Lipinski definition) is 2. The summed E-state index contributed by atoms with van der Waals surface area (Å²) in [6.45, 7) is 1.84. The number of carbonyl (C=O) groups is 1. The van der Waals surface area contributed by atoms with Gasteiger partial charge in [-0.25, -0.2) is 22.9 Å². The summed E-state index contributed by atoms with van der Waals surface area (Å²) in [6.07, 6.45) is 1.40. The minimum atomic E-state index is -3.90. The number of sulfonamides is 1. The van der Waals surface area contributed by atoms with E-state index in [1.54, 1.807) is 24.3 Å². The number of urea groups is 1. The van der Waals surface area contributed by atoms with Gasteiger partial charge in [0.25, 0.3) is 10.0 Å². The zero-order chi connectivity index (χ0) is 15.5. The number of nitrogens with zero attached hydrogens (tertiary/aromatic N) is 1. The Balaban J connectivity index is 2.07. The number of pyridine rings is 1. The van der Waals surface area contributed by atoms with Crippen LogP contribution in [0, 0.1) is 6.92 Å². The Labute approximate surface area is 130 Å². The minimum absolute atomic E-state index is 0.0252. The van der Waals surface area contributed by atoms with Gasteiger partial charge in [-0.1, -0.05) is 17.7 Å². The molecule has 1 heterocycles. The first-order chi connectivity index (χ1) is 9.87. The topological polar surface area (TPSA) is 88.2 Å². The number of benzene rings is 1. The molecule has 0 fully saturated rings. The molecule has 0 saturated carbocycles. The predicted octanol–water partition coefficient (Wildman–Crippen LogP) is 2.66. The molecule has 2 N–H and O–H groups in total. The normalized spacial score (nSPS) is 11.0. The van der Waals surface area contributed by atoms with Crippen molar-refractivity contribution in [2.45, 2.75) is 11.8 Å². The summed E-state index contributed by atoms with van der Waals surface area (Å²) in [5.41, 5.74) is 1.31. The molecule has 0 unspecified atom stereocenters. The highest BCUT2D eigenvalue weighted by atomic mass is 79.9. The number of carbonyl (C=O) groups excluding carboxylic acids is 1. The van der Waals surface area contributed by atoms with E-state index >= 15 is 0 Å². The molecule has 0 aliphatic rings. The summed E-state index contributed by atoms with van der Waals surface area (Å²) in [7, 11) is -3.90. The fourth-order valence-corrected chi connectivity index (χ4v) is 2.65. The molecule has 2 rings (SSSR count). The second kappa shape index (κ2) is 6.23. The highest BCUT2D eigenvalue weighted by molar-refractivity contribution is 9.10. The number of aromatic nitrogens is 1. The van der Waals surface area contributed by atoms with Crippen LogP contribution in [0.25, 0.3) is 0 Å². The molecule has 2 amide bonds. The lowest BCUT2D eigenvalue weighted by molar-refractivity contribution is 0.256. The minimum Gasteiger partial charge on any atom is -0.306 e. The number of hydrogen-bond acceptors (Lipinski definition) is 4. The van der Waals surface area contributed by atoms with Crippen LogP contribution in [-0.4, -0.2) is 19.4 Å². The van der Waals surface area contributed by atoms with Crippen molar-refractivity contribution in [3.05, 3.63) is 52.8 Å². The Morgan fingerprint density at radius 3 is 2.38 bits per heavy atom. The molecular weight excluding hydrogens is 358 g/mol. The molecule has 8 heteroatoms. The molecule has 21 heavy (non-hydrogen) atoms. The maximum Gasteiger partial charge on any atom is 0.333 e. The number of anilines is 1. The summed E-state index contributed by atoms with van der Waals surface area (Å²) < 4.78 is 26.6. The first-order valence-electron chi connectivity index (χ1n) is 5.89. The largest absolute Gasteiger partial charge is 0.333 e. The van der Waals surface area contributed by atoms with Crippen molar-refractivity contribution in [3.8, 4) is 0 Å². The molecule has 0 saturated heterocycles. The van der Waals surface area contributed by atoms with Crippen molar-refractivity contribution >= 4 is 37.7 Å². The van der Waals surface area contributed by atoms with Crippen LogP contribution in [0.1, 0.15) is 5.56 Å². The Hall–Kier alpha value is -1.93. The summed E-state index contributed by atoms with van der Waals surface area (Å²) in [5.74, 6) is 0. The average molecular weight is 370 g/mol. The SMILES string of the molecule is Cc1ccc(S(=O)(=O)NC(=O)Nc2ccc(Br)nc2)cc1. The van der Waals surface area contributed by atoms with Crippen LogP contribution >= 0.6 is 15.9 Å². The lowest BCUT2D eigenvalue weighted by Crippen LogP contribution is -2.34. The fourth-order valence-electron chi connectivity index (χ4n) is 1.50. The van der Waals surface area contributed by atoms with Crippen molar-refractivity contribution in [3.63, 3.8) is 0 Å². The van der Waals surface area contributed by atoms with E-state index in [0.29, 0.717) is 10.3 Å². The Morgan fingerprint density at radius 2 is 1.81 bits per heavy atom. The maximum atomic E-state index is 12.0. The molecule has 0 aliphatic heterocycles. The number of rotatable bonds is 3. The molecule has 110 valence electrons. The van der Waals surface area contributed by atoms with Crippen molar-refractivity contribution < 1.29 is 13.2 Å². The van der Waals surface area contributed by atoms with Crippen molar-refractivity contribution in [2.24, 2.45) is 0 Å². The van der Waals surface area contributed by atoms with Gasteiger partial charge in [0, 0.05) is 0 Å². The zero-order valence-corrected chi connectivity index (χ0v) is 13.4. The van der Waals surface area contributed by atoms with Gasteiger partial charge in [-0.15, -0.1) is 0 Å². The monoisotopic (exact) mass is 369 g/mol. The molecular formula is C13H12BrN3O3S. The van der Waals surface area contributed by atoms with E-state index in [1.807, 2.05) is 11.6 Å². The van der Waals surface area contributed by atoms with E-state index in [-0.39, 0.29) is 4.90 Å². The summed E-state index contributed by atoms with van der Waals surface area (Å²) in [6, 6.07) is 8.56. The highest BCUT2D eigenvalue weighted by Crippen LogP contribution is 2.12. The van der Waals surface area contributed by atoms with E-state index in [4.69, 9.17) is 0 Å². The summed E-state index contributed by atoms with van der Waals surface area (Å²) in [5, 5.41) is 2.39. The van der Waals surface area contributed by atoms with Crippen LogP contribution in [0.2, 0.25) is 0 Å². The lowest BCUT2D eigenvalue weighted by atomic mass is 10.2. The van der Waals surface area contributed by atoms with Crippen LogP contribution < -0.4 is 10.0 Å². The van der Waals surface area contributed by atoms with Gasteiger partial charge in [0.15, 0.2) is 0 Å². The van der Waals surface area contributed by atoms with E-state index in [9.17, 15) is 13.2 Å². The van der Waals surface area contributed by atoms with Crippen LogP contribution in [0.3, 0.4) is 0 Å². The van der Waals surface area contributed by atoms with Crippen LogP contribution in [0.5, 0.6) is 0 Å². The summed E-state index contributed by atoms with van der Waals surface area (Å²) >= 11 is 3.16. The molecule has 6 nitrogen and oxygen atoms in total. The Morgan fingerprint density at radius 1 is 1.14 bits per heavy atom. The van der Waals surface area contributed by atoms with Gasteiger partial charge in [0.05, 0.1) is 16.8 Å². The van der Waals surface area contributed by atoms with Gasteiger partial charge in [0.1, 0.15) is 4.60 Å².